The van der Waals surface area contributed by atoms with Gasteiger partial charge in [0.15, 0.2) is 17.4 Å². The molecule has 0 saturated carbocycles. The Kier molecular flexibility index (Phi) is 3.22. The normalized spacial score (nSPS) is 14.3. The average Bonchev–Trinajstić information content (AvgIpc) is 2.46. The van der Waals surface area contributed by atoms with Crippen LogP contribution in [0.3, 0.4) is 0 Å². The Morgan fingerprint density at radius 2 is 1.85 bits per heavy atom. The molecule has 0 aliphatic carbocycles. The second kappa shape index (κ2) is 5.04. The first-order valence-corrected chi connectivity index (χ1v) is 6.46. The molecule has 2 aromatic rings. The molecule has 2 nitrogen and oxygen atoms in total. The Hall–Kier alpha value is -2.23. The summed E-state index contributed by atoms with van der Waals surface area (Å²) in [6.45, 7) is 1.05. The lowest BCUT2D eigenvalue weighted by Crippen LogP contribution is -2.31. The maximum atomic E-state index is 13.2. The zero-order chi connectivity index (χ0) is 14.1. The maximum Gasteiger partial charge on any atom is 0.166 e. The fourth-order valence-corrected chi connectivity index (χ4v) is 2.50. The van der Waals surface area contributed by atoms with Gasteiger partial charge in [-0.2, -0.15) is 0 Å². The fourth-order valence-electron chi connectivity index (χ4n) is 2.50. The molecule has 3 rings (SSSR count). The molecule has 0 fully saturated rings. The van der Waals surface area contributed by atoms with Gasteiger partial charge in [-0.3, -0.25) is 4.79 Å². The molecule has 0 atom stereocenters. The van der Waals surface area contributed by atoms with E-state index >= 15 is 0 Å². The van der Waals surface area contributed by atoms with Crippen molar-refractivity contribution in [2.45, 2.75) is 13.0 Å². The summed E-state index contributed by atoms with van der Waals surface area (Å²) in [4.78, 5) is 13.9. The van der Waals surface area contributed by atoms with Gasteiger partial charge < -0.3 is 4.90 Å². The van der Waals surface area contributed by atoms with Gasteiger partial charge in [0.05, 0.1) is 0 Å². The first-order chi connectivity index (χ1) is 9.65. The van der Waals surface area contributed by atoms with Gasteiger partial charge in [-0.05, 0) is 29.8 Å². The second-order valence-corrected chi connectivity index (χ2v) is 4.86. The molecule has 0 amide bonds. The summed E-state index contributed by atoms with van der Waals surface area (Å²) in [7, 11) is 0. The number of benzene rings is 2. The summed E-state index contributed by atoms with van der Waals surface area (Å²) in [5.41, 5.74) is 2.24. The number of rotatable bonds is 2. The van der Waals surface area contributed by atoms with Crippen molar-refractivity contribution in [3.8, 4) is 0 Å². The van der Waals surface area contributed by atoms with Gasteiger partial charge in [0.1, 0.15) is 0 Å². The number of fused-ring (bicyclic) bond motifs is 1. The summed E-state index contributed by atoms with van der Waals surface area (Å²) >= 11 is 0. The highest BCUT2D eigenvalue weighted by molar-refractivity contribution is 6.03. The Balaban J connectivity index is 1.90. The lowest BCUT2D eigenvalue weighted by molar-refractivity contribution is 0.0979. The van der Waals surface area contributed by atoms with Crippen LogP contribution in [0.15, 0.2) is 42.5 Å². The van der Waals surface area contributed by atoms with Gasteiger partial charge in [-0.1, -0.05) is 18.2 Å². The molecule has 2 aromatic carbocycles. The minimum atomic E-state index is -0.844. The van der Waals surface area contributed by atoms with Crippen molar-refractivity contribution >= 4 is 11.5 Å². The van der Waals surface area contributed by atoms with Crippen LogP contribution in [0.2, 0.25) is 0 Å². The molecule has 0 unspecified atom stereocenters. The monoisotopic (exact) mass is 273 g/mol. The van der Waals surface area contributed by atoms with Crippen molar-refractivity contribution in [1.29, 1.82) is 0 Å². The van der Waals surface area contributed by atoms with E-state index < -0.39 is 11.6 Å². The van der Waals surface area contributed by atoms with Gasteiger partial charge in [0.2, 0.25) is 0 Å². The highest BCUT2D eigenvalue weighted by atomic mass is 19.2. The van der Waals surface area contributed by atoms with Crippen LogP contribution in [0.5, 0.6) is 0 Å². The Labute approximate surface area is 115 Å². The largest absolute Gasteiger partial charge is 0.366 e. The van der Waals surface area contributed by atoms with E-state index in [1.54, 1.807) is 12.1 Å². The Morgan fingerprint density at radius 3 is 2.65 bits per heavy atom. The standard InChI is InChI=1S/C16H13F2NO/c17-13-6-5-11(9-14(13)18)10-19-8-7-16(20)12-3-1-2-4-15(12)19/h1-6,9H,7-8,10H2. The van der Waals surface area contributed by atoms with E-state index in [2.05, 4.69) is 0 Å². The van der Waals surface area contributed by atoms with E-state index in [4.69, 9.17) is 0 Å². The lowest BCUT2D eigenvalue weighted by Gasteiger charge is -2.30. The van der Waals surface area contributed by atoms with Gasteiger partial charge in [-0.15, -0.1) is 0 Å². The summed E-state index contributed by atoms with van der Waals surface area (Å²) < 4.78 is 26.2. The molecule has 0 saturated heterocycles. The number of hydrogen-bond acceptors (Lipinski definition) is 2. The van der Waals surface area contributed by atoms with Crippen molar-refractivity contribution in [1.82, 2.24) is 0 Å². The number of carbonyl (C=O) groups is 1. The number of carbonyl (C=O) groups excluding carboxylic acids is 1. The minimum absolute atomic E-state index is 0.127. The summed E-state index contributed by atoms with van der Waals surface area (Å²) in [6, 6.07) is 11.3. The number of Topliss-reactive ketones (excluding diaryl/α,β-unsaturated/α-hetero) is 1. The molecule has 0 bridgehead atoms. The van der Waals surface area contributed by atoms with Crippen LogP contribution in [-0.2, 0) is 6.54 Å². The van der Waals surface area contributed by atoms with Crippen LogP contribution in [0, 0.1) is 11.6 Å². The quantitative estimate of drug-likeness (QED) is 0.834. The molecule has 0 radical (unpaired) electrons. The van der Waals surface area contributed by atoms with Crippen LogP contribution in [0.4, 0.5) is 14.5 Å². The molecular weight excluding hydrogens is 260 g/mol. The molecular formula is C16H13F2NO. The topological polar surface area (TPSA) is 20.3 Å². The maximum absolute atomic E-state index is 13.2. The third kappa shape index (κ3) is 2.29. The van der Waals surface area contributed by atoms with Crippen LogP contribution >= 0.6 is 0 Å². The zero-order valence-corrected chi connectivity index (χ0v) is 10.8. The van der Waals surface area contributed by atoms with Crippen molar-refractivity contribution in [2.24, 2.45) is 0 Å². The molecule has 1 aliphatic rings. The van der Waals surface area contributed by atoms with Crippen molar-refractivity contribution in [2.75, 3.05) is 11.4 Å². The van der Waals surface area contributed by atoms with Gasteiger partial charge in [-0.25, -0.2) is 8.78 Å². The van der Waals surface area contributed by atoms with Crippen LogP contribution in [-0.4, -0.2) is 12.3 Å². The fraction of sp³-hybridized carbons (Fsp3) is 0.188. The molecule has 20 heavy (non-hydrogen) atoms. The Morgan fingerprint density at radius 1 is 1.05 bits per heavy atom. The molecule has 0 aromatic heterocycles. The molecule has 102 valence electrons. The highest BCUT2D eigenvalue weighted by Crippen LogP contribution is 2.28. The zero-order valence-electron chi connectivity index (χ0n) is 10.8. The number of para-hydroxylation sites is 1. The third-order valence-corrected chi connectivity index (χ3v) is 3.51. The van der Waals surface area contributed by atoms with E-state index in [0.29, 0.717) is 30.6 Å². The average molecular weight is 273 g/mol. The highest BCUT2D eigenvalue weighted by Gasteiger charge is 2.22. The predicted octanol–water partition coefficient (Wildman–Crippen LogP) is 3.56. The molecule has 1 heterocycles. The smallest absolute Gasteiger partial charge is 0.166 e. The van der Waals surface area contributed by atoms with Crippen molar-refractivity contribution < 1.29 is 13.6 Å². The van der Waals surface area contributed by atoms with Crippen molar-refractivity contribution in [3.05, 3.63) is 65.2 Å². The van der Waals surface area contributed by atoms with E-state index in [9.17, 15) is 13.6 Å². The van der Waals surface area contributed by atoms with E-state index in [1.807, 2.05) is 23.1 Å². The molecule has 4 heteroatoms. The van der Waals surface area contributed by atoms with Crippen molar-refractivity contribution in [3.63, 3.8) is 0 Å². The molecule has 0 spiro atoms. The number of nitrogens with zero attached hydrogens (tertiary/aromatic N) is 1. The minimum Gasteiger partial charge on any atom is -0.366 e. The van der Waals surface area contributed by atoms with Gasteiger partial charge in [0, 0.05) is 30.8 Å². The number of ketones is 1. The number of hydrogen-bond donors (Lipinski definition) is 0. The van der Waals surface area contributed by atoms with Crippen LogP contribution < -0.4 is 4.90 Å². The van der Waals surface area contributed by atoms with E-state index in [0.717, 1.165) is 11.8 Å². The lowest BCUT2D eigenvalue weighted by atomic mass is 10.00. The Bertz CT molecular complexity index is 669. The van der Waals surface area contributed by atoms with E-state index in [-0.39, 0.29) is 5.78 Å². The first-order valence-electron chi connectivity index (χ1n) is 6.46. The van der Waals surface area contributed by atoms with Gasteiger partial charge >= 0.3 is 0 Å². The van der Waals surface area contributed by atoms with E-state index in [1.165, 1.54) is 6.07 Å². The summed E-state index contributed by atoms with van der Waals surface area (Å²) in [6.07, 6.45) is 0.445. The number of anilines is 1. The van der Waals surface area contributed by atoms with Gasteiger partial charge in [0.25, 0.3) is 0 Å². The number of halogens is 2. The summed E-state index contributed by atoms with van der Waals surface area (Å²) in [5.74, 6) is -1.56. The SMILES string of the molecule is O=C1CCN(Cc2ccc(F)c(F)c2)c2ccccc21. The van der Waals surface area contributed by atoms with Crippen LogP contribution in [0.1, 0.15) is 22.3 Å². The second-order valence-electron chi connectivity index (χ2n) is 4.86. The third-order valence-electron chi connectivity index (χ3n) is 3.51. The summed E-state index contributed by atoms with van der Waals surface area (Å²) in [5, 5.41) is 0. The van der Waals surface area contributed by atoms with Crippen LogP contribution in [0.25, 0.3) is 0 Å². The molecule has 0 N–H and O–H groups in total. The molecule has 1 aliphatic heterocycles. The first kappa shape index (κ1) is 12.8. The predicted molar refractivity (Wildman–Crippen MR) is 72.8 cm³/mol.